The van der Waals surface area contributed by atoms with E-state index in [4.69, 9.17) is 0 Å². The van der Waals surface area contributed by atoms with E-state index in [1.807, 2.05) is 0 Å². The standard InChI is InChI=1S/C41H54N8O16/c1-20(2)15-27(46-40(61)34(22(4)50)48-39(60)28(43-23(5)51)16-24-9-7-6-8-10-24)37(58)45-29(18-32(52)53)36(57)42-21(3)35(56)44-30(19-33(54)55)38(59)47-31(41(62)63)17-25-11-13-26(14-12-25)49(64)65/h6-14,20-22,27-31,34,50H,15-19H2,1-5H3,(H,42,57)(H,43,51)(H,44,56)(H,45,58)(H,46,61)(H,47,59)(H,48,60)(H,52,53)(H,54,55)(H,62,63)/t21-,22+,27-,28-,29-,30-,31-,34-/m0/s1. The van der Waals surface area contributed by atoms with Crippen molar-refractivity contribution in [3.63, 3.8) is 0 Å². The lowest BCUT2D eigenvalue weighted by atomic mass is 10.0. The number of hydrogen-bond donors (Lipinski definition) is 11. The van der Waals surface area contributed by atoms with Crippen LogP contribution >= 0.6 is 0 Å². The Bertz CT molecular complexity index is 2060. The van der Waals surface area contributed by atoms with E-state index in [-0.39, 0.29) is 30.0 Å². The quantitative estimate of drug-likeness (QED) is 0.0369. The van der Waals surface area contributed by atoms with Crippen LogP contribution in [0.2, 0.25) is 0 Å². The fraction of sp³-hybridized carbons (Fsp3) is 0.463. The monoisotopic (exact) mass is 914 g/mol. The summed E-state index contributed by atoms with van der Waals surface area (Å²) in [5, 5.41) is 66.1. The first-order chi connectivity index (χ1) is 30.4. The summed E-state index contributed by atoms with van der Waals surface area (Å²) in [4.78, 5) is 138. The van der Waals surface area contributed by atoms with Gasteiger partial charge in [-0.3, -0.25) is 53.3 Å². The molecule has 0 radical (unpaired) electrons. The first-order valence-corrected chi connectivity index (χ1v) is 20.1. The van der Waals surface area contributed by atoms with Gasteiger partial charge in [-0.25, -0.2) is 4.79 Å². The smallest absolute Gasteiger partial charge is 0.326 e. The number of benzene rings is 2. The Hall–Kier alpha value is -7.50. The molecule has 0 fully saturated rings. The third kappa shape index (κ3) is 18.8. The summed E-state index contributed by atoms with van der Waals surface area (Å²) in [5.41, 5.74) is 0.630. The number of carbonyl (C=O) groups is 10. The number of nitrogens with zero attached hydrogens (tertiary/aromatic N) is 1. The molecular formula is C41H54N8O16. The maximum atomic E-state index is 13.6. The van der Waals surface area contributed by atoms with Crippen molar-refractivity contribution in [2.75, 3.05) is 0 Å². The molecule has 24 nitrogen and oxygen atoms in total. The molecule has 0 bridgehead atoms. The average Bonchev–Trinajstić information content (AvgIpc) is 3.20. The van der Waals surface area contributed by atoms with Crippen molar-refractivity contribution < 1.29 is 73.3 Å². The minimum Gasteiger partial charge on any atom is -0.481 e. The largest absolute Gasteiger partial charge is 0.481 e. The van der Waals surface area contributed by atoms with Gasteiger partial charge in [0.25, 0.3) is 5.69 Å². The van der Waals surface area contributed by atoms with Crippen LogP contribution in [-0.2, 0) is 60.8 Å². The van der Waals surface area contributed by atoms with Gasteiger partial charge in [0.1, 0.15) is 42.3 Å². The van der Waals surface area contributed by atoms with Crippen molar-refractivity contribution in [3.05, 3.63) is 75.8 Å². The SMILES string of the molecule is CC(=O)N[C@@H](Cc1ccccc1)C(=O)N[C@H](C(=O)N[C@@H](CC(C)C)C(=O)N[C@@H](CC(=O)O)C(=O)N[C@@H](C)C(=O)N[C@@H](CC(=O)O)C(=O)N[C@@H](Cc1ccc([N+](=O)[O-])cc1)C(=O)O)[C@@H](C)O. The molecule has 0 spiro atoms. The molecule has 0 aliphatic carbocycles. The van der Waals surface area contributed by atoms with Crippen LogP contribution in [0.3, 0.4) is 0 Å². The predicted molar refractivity (Wildman–Crippen MR) is 225 cm³/mol. The van der Waals surface area contributed by atoms with Gasteiger partial charge in [0.05, 0.1) is 23.9 Å². The van der Waals surface area contributed by atoms with E-state index in [1.165, 1.54) is 26.0 Å². The molecule has 11 N–H and O–H groups in total. The molecule has 2 aromatic carbocycles. The number of nitro benzene ring substituents is 1. The van der Waals surface area contributed by atoms with Crippen LogP contribution in [0.4, 0.5) is 5.69 Å². The number of non-ortho nitro benzene ring substituents is 1. The third-order valence-electron chi connectivity index (χ3n) is 9.36. The number of aliphatic hydroxyl groups is 1. The molecule has 2 rings (SSSR count). The Balaban J connectivity index is 2.22. The fourth-order valence-corrected chi connectivity index (χ4v) is 6.11. The lowest BCUT2D eigenvalue weighted by Gasteiger charge is -2.28. The molecule has 65 heavy (non-hydrogen) atoms. The summed E-state index contributed by atoms with van der Waals surface area (Å²) < 4.78 is 0. The highest BCUT2D eigenvalue weighted by Crippen LogP contribution is 2.14. The van der Waals surface area contributed by atoms with E-state index in [2.05, 4.69) is 37.2 Å². The molecule has 0 aliphatic rings. The van der Waals surface area contributed by atoms with Crippen molar-refractivity contribution in [1.29, 1.82) is 0 Å². The Morgan fingerprint density at radius 3 is 1.48 bits per heavy atom. The number of nitro groups is 1. The maximum Gasteiger partial charge on any atom is 0.326 e. The molecule has 354 valence electrons. The van der Waals surface area contributed by atoms with Gasteiger partial charge < -0.3 is 57.6 Å². The summed E-state index contributed by atoms with van der Waals surface area (Å²) in [6.07, 6.45) is -4.15. The van der Waals surface area contributed by atoms with Crippen LogP contribution in [0.15, 0.2) is 54.6 Å². The molecule has 0 heterocycles. The van der Waals surface area contributed by atoms with Gasteiger partial charge in [-0.05, 0) is 37.3 Å². The second-order valence-electron chi connectivity index (χ2n) is 15.4. The van der Waals surface area contributed by atoms with Gasteiger partial charge in [0.15, 0.2) is 0 Å². The number of carboxylic acid groups (broad SMARTS) is 3. The van der Waals surface area contributed by atoms with Crippen LogP contribution in [0, 0.1) is 16.0 Å². The fourth-order valence-electron chi connectivity index (χ4n) is 6.11. The summed E-state index contributed by atoms with van der Waals surface area (Å²) in [5.74, 6) is -12.3. The van der Waals surface area contributed by atoms with Gasteiger partial charge in [-0.1, -0.05) is 56.3 Å². The van der Waals surface area contributed by atoms with Crippen molar-refractivity contribution in [1.82, 2.24) is 37.2 Å². The van der Waals surface area contributed by atoms with Gasteiger partial charge in [0, 0.05) is 31.9 Å². The highest BCUT2D eigenvalue weighted by molar-refractivity contribution is 5.98. The molecule has 0 saturated heterocycles. The first kappa shape index (κ1) is 53.6. The predicted octanol–water partition coefficient (Wildman–Crippen LogP) is -1.73. The van der Waals surface area contributed by atoms with Crippen molar-refractivity contribution in [2.24, 2.45) is 5.92 Å². The van der Waals surface area contributed by atoms with E-state index in [0.717, 1.165) is 19.1 Å². The molecule has 24 heteroatoms. The van der Waals surface area contributed by atoms with Crippen molar-refractivity contribution in [3.8, 4) is 0 Å². The zero-order valence-electron chi connectivity index (χ0n) is 36.1. The minimum absolute atomic E-state index is 0.0192. The van der Waals surface area contributed by atoms with E-state index in [9.17, 15) is 78.5 Å². The minimum atomic E-state index is -1.91. The number of hydrogen-bond acceptors (Lipinski definition) is 13. The number of rotatable bonds is 26. The molecule has 0 unspecified atom stereocenters. The van der Waals surface area contributed by atoms with E-state index in [1.54, 1.807) is 44.2 Å². The van der Waals surface area contributed by atoms with Gasteiger partial charge in [0.2, 0.25) is 41.4 Å². The van der Waals surface area contributed by atoms with Crippen molar-refractivity contribution in [2.45, 2.75) is 115 Å². The topological polar surface area (TPSA) is 379 Å². The number of aliphatic carboxylic acids is 3. The van der Waals surface area contributed by atoms with Crippen molar-refractivity contribution >= 4 is 64.9 Å². The Morgan fingerprint density at radius 2 is 1.00 bits per heavy atom. The van der Waals surface area contributed by atoms with E-state index in [0.29, 0.717) is 5.56 Å². The molecule has 0 aromatic heterocycles. The molecule has 2 aromatic rings. The Kier molecular flexibility index (Phi) is 21.1. The number of carboxylic acids is 3. The number of carbonyl (C=O) groups excluding carboxylic acids is 7. The molecule has 0 saturated carbocycles. The Morgan fingerprint density at radius 1 is 0.554 bits per heavy atom. The number of amides is 7. The highest BCUT2D eigenvalue weighted by atomic mass is 16.6. The summed E-state index contributed by atoms with van der Waals surface area (Å²) in [6, 6.07) is 1.80. The molecule has 8 atom stereocenters. The molecule has 0 aliphatic heterocycles. The maximum absolute atomic E-state index is 13.6. The average molecular weight is 915 g/mol. The van der Waals surface area contributed by atoms with Crippen LogP contribution < -0.4 is 37.2 Å². The zero-order valence-corrected chi connectivity index (χ0v) is 36.1. The van der Waals surface area contributed by atoms with Crippen LogP contribution in [0.1, 0.15) is 65.0 Å². The second kappa shape index (κ2) is 25.6. The van der Waals surface area contributed by atoms with Crippen LogP contribution in [-0.4, -0.2) is 133 Å². The Labute approximate surface area is 371 Å². The van der Waals surface area contributed by atoms with E-state index >= 15 is 0 Å². The molecule has 7 amide bonds. The summed E-state index contributed by atoms with van der Waals surface area (Å²) in [7, 11) is 0. The lowest BCUT2D eigenvalue weighted by molar-refractivity contribution is -0.384. The highest BCUT2D eigenvalue weighted by Gasteiger charge is 2.36. The van der Waals surface area contributed by atoms with Crippen LogP contribution in [0.25, 0.3) is 0 Å². The number of nitrogens with one attached hydrogen (secondary N) is 7. The van der Waals surface area contributed by atoms with Gasteiger partial charge in [-0.2, -0.15) is 0 Å². The normalized spacial score (nSPS) is 14.6. The molecular weight excluding hydrogens is 860 g/mol. The second-order valence-corrected chi connectivity index (χ2v) is 15.4. The number of aliphatic hydroxyl groups excluding tert-OH is 1. The van der Waals surface area contributed by atoms with Gasteiger partial charge in [-0.15, -0.1) is 0 Å². The first-order valence-electron chi connectivity index (χ1n) is 20.1. The summed E-state index contributed by atoms with van der Waals surface area (Å²) >= 11 is 0. The zero-order chi connectivity index (χ0) is 49.1. The van der Waals surface area contributed by atoms with Crippen LogP contribution in [0.5, 0.6) is 0 Å². The van der Waals surface area contributed by atoms with E-state index < -0.39 is 132 Å². The lowest BCUT2D eigenvalue weighted by Crippen LogP contribution is -2.61. The third-order valence-corrected chi connectivity index (χ3v) is 9.36. The van der Waals surface area contributed by atoms with Gasteiger partial charge >= 0.3 is 17.9 Å². The summed E-state index contributed by atoms with van der Waals surface area (Å²) in [6.45, 7) is 6.78.